The Hall–Kier alpha value is -4.00. The van der Waals surface area contributed by atoms with E-state index in [-0.39, 0.29) is 11.8 Å². The van der Waals surface area contributed by atoms with Crippen LogP contribution in [0.3, 0.4) is 0 Å². The number of hydrogen-bond acceptors (Lipinski definition) is 5. The topological polar surface area (TPSA) is 67.2 Å². The third kappa shape index (κ3) is 4.69. The molecule has 1 amide bonds. The van der Waals surface area contributed by atoms with E-state index >= 15 is 0 Å². The summed E-state index contributed by atoms with van der Waals surface area (Å²) in [6.07, 6.45) is 5.43. The quantitative estimate of drug-likeness (QED) is 0.433. The monoisotopic (exact) mass is 452 g/mol. The minimum atomic E-state index is -0.102. The van der Waals surface area contributed by atoms with Crippen molar-refractivity contribution in [3.63, 3.8) is 0 Å². The van der Waals surface area contributed by atoms with Gasteiger partial charge in [-0.25, -0.2) is 4.98 Å². The number of benzene rings is 2. The van der Waals surface area contributed by atoms with E-state index < -0.39 is 0 Å². The van der Waals surface area contributed by atoms with Gasteiger partial charge >= 0.3 is 0 Å². The third-order valence-electron chi connectivity index (χ3n) is 6.32. The molecule has 2 aromatic carbocycles. The molecule has 5 rings (SSSR count). The second kappa shape index (κ2) is 9.87. The van der Waals surface area contributed by atoms with Crippen molar-refractivity contribution >= 4 is 17.4 Å². The Morgan fingerprint density at radius 2 is 1.68 bits per heavy atom. The summed E-state index contributed by atoms with van der Waals surface area (Å²) in [5.41, 5.74) is 2.04. The highest BCUT2D eigenvalue weighted by Gasteiger charge is 2.31. The molecule has 34 heavy (non-hydrogen) atoms. The van der Waals surface area contributed by atoms with Gasteiger partial charge in [0.15, 0.2) is 11.6 Å². The highest BCUT2D eigenvalue weighted by Crippen LogP contribution is 2.27. The summed E-state index contributed by atoms with van der Waals surface area (Å²) in [6, 6.07) is 24.0. The Morgan fingerprint density at radius 3 is 2.35 bits per heavy atom. The van der Waals surface area contributed by atoms with Crippen molar-refractivity contribution in [3.05, 3.63) is 96.6 Å². The maximum absolute atomic E-state index is 13.8. The number of imidazole rings is 1. The summed E-state index contributed by atoms with van der Waals surface area (Å²) in [4.78, 5) is 22.1. The molecule has 2 aromatic heterocycles. The minimum absolute atomic E-state index is 0.102. The Bertz CT molecular complexity index is 1220. The van der Waals surface area contributed by atoms with E-state index in [9.17, 15) is 4.79 Å². The fraction of sp³-hybridized carbons (Fsp3) is 0.259. The number of rotatable bonds is 6. The highest BCUT2D eigenvalue weighted by atomic mass is 16.2. The summed E-state index contributed by atoms with van der Waals surface area (Å²) in [6.45, 7) is 3.99. The van der Waals surface area contributed by atoms with E-state index in [1.807, 2.05) is 83.3 Å². The molecule has 1 saturated heterocycles. The van der Waals surface area contributed by atoms with Gasteiger partial charge < -0.3 is 9.80 Å². The molecule has 0 saturated carbocycles. The normalized spacial score (nSPS) is 15.8. The molecular weight excluding hydrogens is 424 g/mol. The first-order valence-corrected chi connectivity index (χ1v) is 11.7. The number of aryl methyl sites for hydroxylation is 1. The number of anilines is 2. The van der Waals surface area contributed by atoms with Gasteiger partial charge in [-0.15, -0.1) is 10.2 Å². The molecular formula is C27H28N6O. The van der Waals surface area contributed by atoms with Crippen molar-refractivity contribution in [1.29, 1.82) is 0 Å². The molecule has 0 bridgehead atoms. The van der Waals surface area contributed by atoms with Gasteiger partial charge in [0.05, 0.1) is 12.5 Å². The van der Waals surface area contributed by atoms with Crippen molar-refractivity contribution in [2.45, 2.75) is 26.3 Å². The number of amides is 1. The Kier molecular flexibility index (Phi) is 6.33. The van der Waals surface area contributed by atoms with Crippen LogP contribution in [0.4, 0.5) is 11.5 Å². The van der Waals surface area contributed by atoms with Gasteiger partial charge in [0.2, 0.25) is 5.91 Å². The van der Waals surface area contributed by atoms with Crippen LogP contribution in [0.2, 0.25) is 0 Å². The Morgan fingerprint density at radius 1 is 0.971 bits per heavy atom. The largest absolute Gasteiger partial charge is 0.354 e. The van der Waals surface area contributed by atoms with E-state index in [1.54, 1.807) is 6.20 Å². The van der Waals surface area contributed by atoms with Gasteiger partial charge in [-0.1, -0.05) is 48.5 Å². The minimum Gasteiger partial charge on any atom is -0.354 e. The van der Waals surface area contributed by atoms with E-state index in [0.29, 0.717) is 13.1 Å². The van der Waals surface area contributed by atoms with E-state index in [0.717, 1.165) is 48.1 Å². The summed E-state index contributed by atoms with van der Waals surface area (Å²) < 4.78 is 1.90. The molecule has 0 spiro atoms. The first kappa shape index (κ1) is 21.8. The SMILES string of the molecule is Cc1nccn1-c1ccc(N2CCCC(C(=O)N(Cc3ccccc3)c3ccccc3)C2)nn1. The van der Waals surface area contributed by atoms with Crippen LogP contribution in [0.1, 0.15) is 24.2 Å². The van der Waals surface area contributed by atoms with Gasteiger partial charge in [-0.2, -0.15) is 0 Å². The number of para-hydroxylation sites is 1. The van der Waals surface area contributed by atoms with Crippen LogP contribution in [-0.2, 0) is 11.3 Å². The molecule has 172 valence electrons. The molecule has 3 heterocycles. The van der Waals surface area contributed by atoms with E-state index in [2.05, 4.69) is 32.2 Å². The van der Waals surface area contributed by atoms with E-state index in [4.69, 9.17) is 0 Å². The van der Waals surface area contributed by atoms with E-state index in [1.165, 1.54) is 0 Å². The van der Waals surface area contributed by atoms with Gasteiger partial charge in [0, 0.05) is 31.2 Å². The fourth-order valence-corrected chi connectivity index (χ4v) is 4.51. The van der Waals surface area contributed by atoms with Gasteiger partial charge in [0.1, 0.15) is 5.82 Å². The lowest BCUT2D eigenvalue weighted by Crippen LogP contribution is -2.45. The highest BCUT2D eigenvalue weighted by molar-refractivity contribution is 5.95. The number of carbonyl (C=O) groups excluding carboxylic acids is 1. The maximum Gasteiger partial charge on any atom is 0.232 e. The van der Waals surface area contributed by atoms with Crippen LogP contribution in [0.15, 0.2) is 85.2 Å². The van der Waals surface area contributed by atoms with Gasteiger partial charge in [0.25, 0.3) is 0 Å². The van der Waals surface area contributed by atoms with Gasteiger partial charge in [-0.3, -0.25) is 9.36 Å². The molecule has 0 radical (unpaired) electrons. The molecule has 0 N–H and O–H groups in total. The molecule has 1 aliphatic rings. The molecule has 1 aliphatic heterocycles. The predicted octanol–water partition coefficient (Wildman–Crippen LogP) is 4.42. The van der Waals surface area contributed by atoms with Crippen LogP contribution in [0, 0.1) is 12.8 Å². The Labute approximate surface area is 199 Å². The lowest BCUT2D eigenvalue weighted by atomic mass is 9.96. The van der Waals surface area contributed by atoms with Crippen LogP contribution in [0.25, 0.3) is 5.82 Å². The standard InChI is InChI=1S/C27H28N6O/c1-21-28-16-18-32(21)26-15-14-25(29-30-26)31-17-8-11-23(20-31)27(34)33(24-12-6-3-7-13-24)19-22-9-4-2-5-10-22/h2-7,9-10,12-16,18,23H,8,11,17,19-20H2,1H3. The summed E-state index contributed by atoms with van der Waals surface area (Å²) in [5, 5.41) is 8.87. The van der Waals surface area contributed by atoms with Crippen LogP contribution >= 0.6 is 0 Å². The number of aromatic nitrogens is 4. The average molecular weight is 453 g/mol. The van der Waals surface area contributed by atoms with Crippen LogP contribution in [0.5, 0.6) is 0 Å². The molecule has 0 aliphatic carbocycles. The number of piperidine rings is 1. The van der Waals surface area contributed by atoms with Crippen LogP contribution < -0.4 is 9.80 Å². The smallest absolute Gasteiger partial charge is 0.232 e. The molecule has 4 aromatic rings. The third-order valence-corrected chi connectivity index (χ3v) is 6.32. The molecule has 1 fully saturated rings. The zero-order chi connectivity index (χ0) is 23.3. The fourth-order valence-electron chi connectivity index (χ4n) is 4.51. The molecule has 1 atom stereocenters. The first-order chi connectivity index (χ1) is 16.7. The lowest BCUT2D eigenvalue weighted by Gasteiger charge is -2.35. The van der Waals surface area contributed by atoms with Crippen molar-refractivity contribution < 1.29 is 4.79 Å². The van der Waals surface area contributed by atoms with Crippen LogP contribution in [-0.4, -0.2) is 38.7 Å². The second-order valence-electron chi connectivity index (χ2n) is 8.62. The Balaban J connectivity index is 1.34. The predicted molar refractivity (Wildman–Crippen MR) is 133 cm³/mol. The molecule has 7 heteroatoms. The zero-order valence-electron chi connectivity index (χ0n) is 19.3. The van der Waals surface area contributed by atoms with Crippen molar-refractivity contribution in [1.82, 2.24) is 19.7 Å². The lowest BCUT2D eigenvalue weighted by molar-refractivity contribution is -0.122. The summed E-state index contributed by atoms with van der Waals surface area (Å²) >= 11 is 0. The second-order valence-corrected chi connectivity index (χ2v) is 8.62. The maximum atomic E-state index is 13.8. The number of nitrogens with zero attached hydrogens (tertiary/aromatic N) is 6. The van der Waals surface area contributed by atoms with Gasteiger partial charge in [-0.05, 0) is 49.6 Å². The number of carbonyl (C=O) groups is 1. The zero-order valence-corrected chi connectivity index (χ0v) is 19.3. The summed E-state index contributed by atoms with van der Waals surface area (Å²) in [5.74, 6) is 2.45. The molecule has 7 nitrogen and oxygen atoms in total. The van der Waals surface area contributed by atoms with Crippen molar-refractivity contribution in [3.8, 4) is 5.82 Å². The first-order valence-electron chi connectivity index (χ1n) is 11.7. The van der Waals surface area contributed by atoms with Crippen molar-refractivity contribution in [2.75, 3.05) is 22.9 Å². The average Bonchev–Trinajstić information content (AvgIpc) is 3.34. The summed E-state index contributed by atoms with van der Waals surface area (Å²) in [7, 11) is 0. The number of hydrogen-bond donors (Lipinski definition) is 0. The van der Waals surface area contributed by atoms with Crippen molar-refractivity contribution in [2.24, 2.45) is 5.92 Å². The molecule has 1 unspecified atom stereocenters.